The summed E-state index contributed by atoms with van der Waals surface area (Å²) < 4.78 is 2.43. The Morgan fingerprint density at radius 2 is 2.00 bits per heavy atom. The van der Waals surface area contributed by atoms with E-state index in [0.29, 0.717) is 21.7 Å². The van der Waals surface area contributed by atoms with E-state index in [9.17, 15) is 4.79 Å². The lowest BCUT2D eigenvalue weighted by atomic mass is 10.0. The van der Waals surface area contributed by atoms with Crippen LogP contribution < -0.4 is 0 Å². The van der Waals surface area contributed by atoms with E-state index in [2.05, 4.69) is 43.2 Å². The fourth-order valence-corrected chi connectivity index (χ4v) is 3.87. The van der Waals surface area contributed by atoms with E-state index >= 15 is 0 Å². The van der Waals surface area contributed by atoms with Gasteiger partial charge < -0.3 is 0 Å². The summed E-state index contributed by atoms with van der Waals surface area (Å²) in [7, 11) is 0. The molecule has 1 aromatic heterocycles. The van der Waals surface area contributed by atoms with Gasteiger partial charge in [-0.3, -0.25) is 9.69 Å². The molecule has 0 N–H and O–H groups in total. The largest absolute Gasteiger partial charge is 0.293 e. The molecule has 3 rings (SSSR count). The molecule has 0 aliphatic carbocycles. The summed E-state index contributed by atoms with van der Waals surface area (Å²) in [4.78, 5) is 14.5. The lowest BCUT2D eigenvalue weighted by molar-refractivity contribution is -0.121. The van der Waals surface area contributed by atoms with Gasteiger partial charge in [-0.25, -0.2) is 4.68 Å². The van der Waals surface area contributed by atoms with E-state index in [4.69, 9.17) is 12.2 Å². The van der Waals surface area contributed by atoms with Gasteiger partial charge in [0.25, 0.3) is 5.91 Å². The van der Waals surface area contributed by atoms with Crippen LogP contribution in [-0.4, -0.2) is 31.5 Å². The van der Waals surface area contributed by atoms with E-state index in [1.54, 1.807) is 11.1 Å². The Balaban J connectivity index is 1.82. The summed E-state index contributed by atoms with van der Waals surface area (Å²) in [6.45, 7) is 6.87. The molecule has 0 unspecified atom stereocenters. The van der Waals surface area contributed by atoms with Crippen molar-refractivity contribution in [2.45, 2.75) is 26.7 Å². The summed E-state index contributed by atoms with van der Waals surface area (Å²) in [5.74, 6) is 0.481. The van der Waals surface area contributed by atoms with Crippen molar-refractivity contribution in [2.24, 2.45) is 0 Å². The fourth-order valence-electron chi connectivity index (χ4n) is 2.49. The summed E-state index contributed by atoms with van der Waals surface area (Å²) in [5, 5.41) is 4.39. The van der Waals surface area contributed by atoms with Gasteiger partial charge in [-0.05, 0) is 36.6 Å². The van der Waals surface area contributed by atoms with Crippen molar-refractivity contribution < 1.29 is 4.79 Å². The third-order valence-corrected chi connectivity index (χ3v) is 5.29. The van der Waals surface area contributed by atoms with Crippen molar-refractivity contribution in [1.29, 1.82) is 0 Å². The maximum Gasteiger partial charge on any atom is 0.266 e. The minimum absolute atomic E-state index is 0.0264. The molecule has 1 saturated heterocycles. The van der Waals surface area contributed by atoms with Gasteiger partial charge in [-0.1, -0.05) is 50.0 Å². The van der Waals surface area contributed by atoms with Gasteiger partial charge in [0.15, 0.2) is 0 Å². The predicted octanol–water partition coefficient (Wildman–Crippen LogP) is 4.22. The zero-order valence-corrected chi connectivity index (χ0v) is 15.5. The summed E-state index contributed by atoms with van der Waals surface area (Å²) in [6, 6.07) is 8.35. The van der Waals surface area contributed by atoms with Crippen LogP contribution in [0.2, 0.25) is 0 Å². The van der Waals surface area contributed by atoms with Crippen molar-refractivity contribution in [3.8, 4) is 5.69 Å². The zero-order chi connectivity index (χ0) is 17.3. The van der Waals surface area contributed by atoms with Gasteiger partial charge in [-0.2, -0.15) is 5.10 Å². The molecule has 24 heavy (non-hydrogen) atoms. The molecule has 0 atom stereocenters. The minimum atomic E-state index is -0.0264. The topological polar surface area (TPSA) is 38.1 Å². The molecule has 124 valence electrons. The SMILES string of the molecule is CCN1C(=O)/C(=C/c2cnn(-c3ccc(C(C)C)cc3)c2)SC1=S. The molecule has 0 spiro atoms. The van der Waals surface area contributed by atoms with Crippen LogP contribution in [0, 0.1) is 0 Å². The van der Waals surface area contributed by atoms with E-state index in [1.807, 2.05) is 23.9 Å². The Kier molecular flexibility index (Phi) is 4.87. The number of likely N-dealkylation sites (N-methyl/N-ethyl adjacent to an activating group) is 1. The average molecular weight is 358 g/mol. The van der Waals surface area contributed by atoms with Crippen LogP contribution in [0.25, 0.3) is 11.8 Å². The standard InChI is InChI=1S/C18H19N3OS2/c1-4-20-17(22)16(24-18(20)23)9-13-10-19-21(11-13)15-7-5-14(6-8-15)12(2)3/h5-12H,4H2,1-3H3/b16-9-. The average Bonchev–Trinajstić information content (AvgIpc) is 3.13. The molecule has 0 saturated carbocycles. The number of benzene rings is 1. The first-order valence-electron chi connectivity index (χ1n) is 7.90. The predicted molar refractivity (Wildman–Crippen MR) is 103 cm³/mol. The lowest BCUT2D eigenvalue weighted by Crippen LogP contribution is -2.27. The van der Waals surface area contributed by atoms with Gasteiger partial charge in [0.1, 0.15) is 4.32 Å². The number of carbonyl (C=O) groups is 1. The zero-order valence-electron chi connectivity index (χ0n) is 13.9. The Morgan fingerprint density at radius 1 is 1.29 bits per heavy atom. The molecule has 1 aliphatic rings. The molecule has 1 aromatic carbocycles. The van der Waals surface area contributed by atoms with Crippen LogP contribution in [0.15, 0.2) is 41.6 Å². The fraction of sp³-hybridized carbons (Fsp3) is 0.278. The molecule has 0 bridgehead atoms. The van der Waals surface area contributed by atoms with E-state index in [1.165, 1.54) is 17.3 Å². The summed E-state index contributed by atoms with van der Waals surface area (Å²) in [5.41, 5.74) is 3.19. The quantitative estimate of drug-likeness (QED) is 0.607. The number of amides is 1. The molecule has 6 heteroatoms. The van der Waals surface area contributed by atoms with Crippen LogP contribution in [0.1, 0.15) is 37.8 Å². The van der Waals surface area contributed by atoms with Crippen molar-refractivity contribution in [2.75, 3.05) is 6.54 Å². The second-order valence-electron chi connectivity index (χ2n) is 5.89. The smallest absolute Gasteiger partial charge is 0.266 e. The molecule has 4 nitrogen and oxygen atoms in total. The van der Waals surface area contributed by atoms with Crippen LogP contribution in [0.3, 0.4) is 0 Å². The number of thioether (sulfide) groups is 1. The van der Waals surface area contributed by atoms with E-state index in [-0.39, 0.29) is 5.91 Å². The Morgan fingerprint density at radius 3 is 2.58 bits per heavy atom. The Hall–Kier alpha value is -1.92. The van der Waals surface area contributed by atoms with Crippen LogP contribution >= 0.6 is 24.0 Å². The van der Waals surface area contributed by atoms with Crippen LogP contribution in [0.4, 0.5) is 0 Å². The maximum absolute atomic E-state index is 12.3. The first kappa shape index (κ1) is 16.9. The third kappa shape index (κ3) is 3.30. The van der Waals surface area contributed by atoms with E-state index in [0.717, 1.165) is 11.3 Å². The number of carbonyl (C=O) groups excluding carboxylic acids is 1. The minimum Gasteiger partial charge on any atom is -0.293 e. The molecular weight excluding hydrogens is 338 g/mol. The van der Waals surface area contributed by atoms with E-state index < -0.39 is 0 Å². The Bertz CT molecular complexity index is 806. The number of hydrogen-bond donors (Lipinski definition) is 0. The van der Waals surface area contributed by atoms with Gasteiger partial charge >= 0.3 is 0 Å². The molecular formula is C18H19N3OS2. The van der Waals surface area contributed by atoms with Crippen molar-refractivity contribution in [1.82, 2.24) is 14.7 Å². The van der Waals surface area contributed by atoms with Gasteiger partial charge in [0.2, 0.25) is 0 Å². The molecule has 2 heterocycles. The van der Waals surface area contributed by atoms with Crippen molar-refractivity contribution in [3.05, 3.63) is 52.7 Å². The number of thiocarbonyl (C=S) groups is 1. The second-order valence-corrected chi connectivity index (χ2v) is 7.57. The highest BCUT2D eigenvalue weighted by molar-refractivity contribution is 8.26. The summed E-state index contributed by atoms with van der Waals surface area (Å²) >= 11 is 6.57. The first-order valence-corrected chi connectivity index (χ1v) is 9.12. The third-order valence-electron chi connectivity index (χ3n) is 3.91. The number of nitrogens with zero attached hydrogens (tertiary/aromatic N) is 3. The summed E-state index contributed by atoms with van der Waals surface area (Å²) in [6.07, 6.45) is 5.53. The molecule has 1 aliphatic heterocycles. The van der Waals surface area contributed by atoms with Crippen molar-refractivity contribution >= 4 is 40.3 Å². The molecule has 1 fully saturated rings. The van der Waals surface area contributed by atoms with Crippen molar-refractivity contribution in [3.63, 3.8) is 0 Å². The van der Waals surface area contributed by atoms with Gasteiger partial charge in [0, 0.05) is 18.3 Å². The van der Waals surface area contributed by atoms with Crippen LogP contribution in [-0.2, 0) is 4.79 Å². The number of rotatable bonds is 4. The normalized spacial score (nSPS) is 16.7. The number of hydrogen-bond acceptors (Lipinski definition) is 4. The van der Waals surface area contributed by atoms with Gasteiger partial charge in [0.05, 0.1) is 16.8 Å². The second kappa shape index (κ2) is 6.91. The first-order chi connectivity index (χ1) is 11.5. The molecule has 0 radical (unpaired) electrons. The molecule has 1 amide bonds. The lowest BCUT2D eigenvalue weighted by Gasteiger charge is -2.09. The number of aromatic nitrogens is 2. The van der Waals surface area contributed by atoms with Crippen LogP contribution in [0.5, 0.6) is 0 Å². The highest BCUT2D eigenvalue weighted by Crippen LogP contribution is 2.32. The highest BCUT2D eigenvalue weighted by atomic mass is 32.2. The Labute approximate surface area is 151 Å². The highest BCUT2D eigenvalue weighted by Gasteiger charge is 2.30. The monoisotopic (exact) mass is 357 g/mol. The van der Waals surface area contributed by atoms with Gasteiger partial charge in [-0.15, -0.1) is 0 Å². The maximum atomic E-state index is 12.3. The molecule has 2 aromatic rings.